The lowest BCUT2D eigenvalue weighted by molar-refractivity contribution is -0.140. The van der Waals surface area contributed by atoms with E-state index in [1.165, 1.54) is 12.6 Å². The predicted octanol–water partition coefficient (Wildman–Crippen LogP) is 1.54. The molecule has 0 spiro atoms. The highest BCUT2D eigenvalue weighted by atomic mass is 16.4. The first-order valence-corrected chi connectivity index (χ1v) is 7.35. The zero-order chi connectivity index (χ0) is 15.8. The number of hydrogen-bond donors (Lipinski definition) is 3. The molecule has 0 heterocycles. The normalized spacial score (nSPS) is 17.9. The van der Waals surface area contributed by atoms with Crippen LogP contribution in [0.5, 0.6) is 0 Å². The van der Waals surface area contributed by atoms with Crippen molar-refractivity contribution >= 4 is 11.9 Å². The van der Waals surface area contributed by atoms with Crippen molar-refractivity contribution in [2.75, 3.05) is 0 Å². The number of nitrogens with one attached hydrogen (secondary N) is 2. The van der Waals surface area contributed by atoms with Gasteiger partial charge in [0, 0.05) is 12.2 Å². The molecule has 1 aliphatic carbocycles. The minimum Gasteiger partial charge on any atom is -0.480 e. The van der Waals surface area contributed by atoms with Gasteiger partial charge in [-0.25, -0.2) is 4.79 Å². The van der Waals surface area contributed by atoms with Crippen LogP contribution in [0.3, 0.4) is 0 Å². The fourth-order valence-corrected chi connectivity index (χ4v) is 2.38. The van der Waals surface area contributed by atoms with Crippen molar-refractivity contribution in [2.24, 2.45) is 5.92 Å². The van der Waals surface area contributed by atoms with Gasteiger partial charge in [-0.2, -0.15) is 5.26 Å². The lowest BCUT2D eigenvalue weighted by Gasteiger charge is -2.22. The molecular formula is C15H23N3O3. The number of carboxylic acid groups (broad SMARTS) is 1. The fraction of sp³-hybridized carbons (Fsp3) is 0.667. The number of aliphatic carboxylic acids is 1. The number of rotatable bonds is 6. The zero-order valence-corrected chi connectivity index (χ0v) is 12.6. The summed E-state index contributed by atoms with van der Waals surface area (Å²) in [6, 6.07) is 1.11. The number of nitriles is 1. The Hall–Kier alpha value is -2.03. The standard InChI is InChI=1S/C15H23N3O3/c1-10(2)13(15(20)21)17-9-11(8-16)14(19)18-12-6-4-3-5-7-12/h9-10,12-13,17H,3-7H2,1-2H3,(H,18,19)(H,20,21)/b11-9-. The molecule has 6 heteroatoms. The van der Waals surface area contributed by atoms with E-state index in [0.717, 1.165) is 25.7 Å². The van der Waals surface area contributed by atoms with Crippen LogP contribution in [0, 0.1) is 17.2 Å². The molecule has 1 unspecified atom stereocenters. The second kappa shape index (κ2) is 8.30. The van der Waals surface area contributed by atoms with Gasteiger partial charge in [0.15, 0.2) is 0 Å². The molecule has 1 aliphatic rings. The van der Waals surface area contributed by atoms with Crippen LogP contribution in [0.15, 0.2) is 11.8 Å². The highest BCUT2D eigenvalue weighted by Crippen LogP contribution is 2.17. The van der Waals surface area contributed by atoms with Gasteiger partial charge >= 0.3 is 5.97 Å². The van der Waals surface area contributed by atoms with Crippen LogP contribution in [-0.2, 0) is 9.59 Å². The third-order valence-corrected chi connectivity index (χ3v) is 3.65. The molecule has 1 saturated carbocycles. The van der Waals surface area contributed by atoms with Gasteiger partial charge in [0.25, 0.3) is 5.91 Å². The van der Waals surface area contributed by atoms with E-state index in [4.69, 9.17) is 10.4 Å². The number of hydrogen-bond acceptors (Lipinski definition) is 4. The van der Waals surface area contributed by atoms with E-state index in [9.17, 15) is 9.59 Å². The largest absolute Gasteiger partial charge is 0.480 e. The molecule has 0 bridgehead atoms. The van der Waals surface area contributed by atoms with E-state index in [0.29, 0.717) is 0 Å². The first-order valence-electron chi connectivity index (χ1n) is 7.35. The molecule has 0 aromatic rings. The number of carbonyl (C=O) groups is 2. The van der Waals surface area contributed by atoms with Gasteiger partial charge in [-0.05, 0) is 18.8 Å². The lowest BCUT2D eigenvalue weighted by Crippen LogP contribution is -2.40. The lowest BCUT2D eigenvalue weighted by atomic mass is 9.95. The Morgan fingerprint density at radius 1 is 1.29 bits per heavy atom. The van der Waals surface area contributed by atoms with E-state index in [1.807, 2.05) is 6.07 Å². The Labute approximate surface area is 125 Å². The van der Waals surface area contributed by atoms with Crippen LogP contribution >= 0.6 is 0 Å². The summed E-state index contributed by atoms with van der Waals surface area (Å²) in [5, 5.41) is 23.6. The molecule has 1 amide bonds. The van der Waals surface area contributed by atoms with E-state index in [1.54, 1.807) is 13.8 Å². The first kappa shape index (κ1) is 17.0. The first-order chi connectivity index (χ1) is 9.95. The van der Waals surface area contributed by atoms with Crippen LogP contribution in [0.2, 0.25) is 0 Å². The van der Waals surface area contributed by atoms with E-state index >= 15 is 0 Å². The molecule has 6 nitrogen and oxygen atoms in total. The van der Waals surface area contributed by atoms with Crippen molar-refractivity contribution < 1.29 is 14.7 Å². The average molecular weight is 293 g/mol. The van der Waals surface area contributed by atoms with Gasteiger partial charge in [-0.3, -0.25) is 4.79 Å². The summed E-state index contributed by atoms with van der Waals surface area (Å²) in [7, 11) is 0. The molecule has 116 valence electrons. The van der Waals surface area contributed by atoms with Crippen molar-refractivity contribution in [3.63, 3.8) is 0 Å². The van der Waals surface area contributed by atoms with Crippen LogP contribution < -0.4 is 10.6 Å². The van der Waals surface area contributed by atoms with Gasteiger partial charge in [-0.1, -0.05) is 33.1 Å². The maximum atomic E-state index is 12.0. The van der Waals surface area contributed by atoms with E-state index in [-0.39, 0.29) is 17.5 Å². The highest BCUT2D eigenvalue weighted by molar-refractivity contribution is 5.97. The van der Waals surface area contributed by atoms with Crippen LogP contribution in [0.1, 0.15) is 46.0 Å². The van der Waals surface area contributed by atoms with Gasteiger partial charge in [0.2, 0.25) is 0 Å². The molecule has 0 radical (unpaired) electrons. The summed E-state index contributed by atoms with van der Waals surface area (Å²) in [6.45, 7) is 3.52. The minimum absolute atomic E-state index is 0.0903. The Bertz CT molecular complexity index is 446. The quantitative estimate of drug-likeness (QED) is 0.509. The van der Waals surface area contributed by atoms with Gasteiger partial charge in [0.05, 0.1) is 0 Å². The third-order valence-electron chi connectivity index (χ3n) is 3.65. The summed E-state index contributed by atoms with van der Waals surface area (Å²) in [5.74, 6) is -1.60. The van der Waals surface area contributed by atoms with E-state index in [2.05, 4.69) is 10.6 Å². The number of carbonyl (C=O) groups excluding carboxylic acids is 1. The fourth-order valence-electron chi connectivity index (χ4n) is 2.38. The molecular weight excluding hydrogens is 270 g/mol. The van der Waals surface area contributed by atoms with Crippen LogP contribution in [0.4, 0.5) is 0 Å². The summed E-state index contributed by atoms with van der Waals surface area (Å²) >= 11 is 0. The number of carboxylic acids is 1. The summed E-state index contributed by atoms with van der Waals surface area (Å²) in [5.41, 5.74) is -0.0903. The van der Waals surface area contributed by atoms with Gasteiger partial charge < -0.3 is 15.7 Å². The topological polar surface area (TPSA) is 102 Å². The Kier molecular flexibility index (Phi) is 6.73. The molecule has 1 atom stereocenters. The van der Waals surface area contributed by atoms with Crippen molar-refractivity contribution in [1.82, 2.24) is 10.6 Å². The molecule has 3 N–H and O–H groups in total. The molecule has 1 fully saturated rings. The van der Waals surface area contributed by atoms with Crippen molar-refractivity contribution in [1.29, 1.82) is 5.26 Å². The second-order valence-corrected chi connectivity index (χ2v) is 5.70. The van der Waals surface area contributed by atoms with Crippen LogP contribution in [0.25, 0.3) is 0 Å². The molecule has 21 heavy (non-hydrogen) atoms. The monoisotopic (exact) mass is 293 g/mol. The SMILES string of the molecule is CC(C)C(N/C=C(/C#N)C(=O)NC1CCCCC1)C(=O)O. The zero-order valence-electron chi connectivity index (χ0n) is 12.6. The van der Waals surface area contributed by atoms with E-state index < -0.39 is 17.9 Å². The summed E-state index contributed by atoms with van der Waals surface area (Å²) in [4.78, 5) is 23.1. The maximum Gasteiger partial charge on any atom is 0.326 e. The van der Waals surface area contributed by atoms with Crippen molar-refractivity contribution in [2.45, 2.75) is 58.0 Å². The number of amides is 1. The molecule has 1 rings (SSSR count). The minimum atomic E-state index is -1.01. The van der Waals surface area contributed by atoms with Crippen molar-refractivity contribution in [3.8, 4) is 6.07 Å². The Morgan fingerprint density at radius 3 is 2.38 bits per heavy atom. The Balaban J connectivity index is 2.63. The number of nitrogens with zero attached hydrogens (tertiary/aromatic N) is 1. The Morgan fingerprint density at radius 2 is 1.90 bits per heavy atom. The van der Waals surface area contributed by atoms with Gasteiger partial charge in [0.1, 0.15) is 17.7 Å². The average Bonchev–Trinajstić information content (AvgIpc) is 2.43. The predicted molar refractivity (Wildman–Crippen MR) is 78.1 cm³/mol. The summed E-state index contributed by atoms with van der Waals surface area (Å²) < 4.78 is 0. The van der Waals surface area contributed by atoms with Gasteiger partial charge in [-0.15, -0.1) is 0 Å². The third kappa shape index (κ3) is 5.46. The smallest absolute Gasteiger partial charge is 0.326 e. The van der Waals surface area contributed by atoms with Crippen molar-refractivity contribution in [3.05, 3.63) is 11.8 Å². The molecule has 0 aliphatic heterocycles. The second-order valence-electron chi connectivity index (χ2n) is 5.70. The van der Waals surface area contributed by atoms with Crippen LogP contribution in [-0.4, -0.2) is 29.1 Å². The summed E-state index contributed by atoms with van der Waals surface area (Å²) in [6.07, 6.45) is 6.43. The molecule has 0 saturated heterocycles. The molecule has 0 aromatic carbocycles. The highest BCUT2D eigenvalue weighted by Gasteiger charge is 2.21. The molecule has 0 aromatic heterocycles. The maximum absolute atomic E-state index is 12.0.